The lowest BCUT2D eigenvalue weighted by atomic mass is 10.1. The molecule has 1 amide bonds. The normalized spacial score (nSPS) is 11.4. The van der Waals surface area contributed by atoms with E-state index in [-0.39, 0.29) is 10.6 Å². The van der Waals surface area contributed by atoms with Crippen LogP contribution < -0.4 is 5.73 Å². The molecule has 0 radical (unpaired) electrons. The fourth-order valence-corrected chi connectivity index (χ4v) is 2.89. The van der Waals surface area contributed by atoms with Gasteiger partial charge in [-0.05, 0) is 30.3 Å². The summed E-state index contributed by atoms with van der Waals surface area (Å²) < 4.78 is 24.7. The van der Waals surface area contributed by atoms with Gasteiger partial charge in [-0.1, -0.05) is 12.1 Å². The number of rotatable bonds is 4. The Morgan fingerprint density at radius 3 is 2.25 bits per heavy atom. The molecule has 2 N–H and O–H groups in total. The van der Waals surface area contributed by atoms with E-state index in [1.807, 2.05) is 0 Å². The molecule has 0 aliphatic carbocycles. The van der Waals surface area contributed by atoms with E-state index >= 15 is 0 Å². The van der Waals surface area contributed by atoms with E-state index in [4.69, 9.17) is 5.73 Å². The summed E-state index contributed by atoms with van der Waals surface area (Å²) in [5, 5.41) is 4.22. The smallest absolute Gasteiger partial charge is 0.269 e. The van der Waals surface area contributed by atoms with Crippen molar-refractivity contribution in [1.29, 1.82) is 0 Å². The Bertz CT molecular complexity index is 994. The number of carbonyl (C=O) groups is 1. The molecule has 0 aliphatic heterocycles. The van der Waals surface area contributed by atoms with Gasteiger partial charge in [0.15, 0.2) is 15.5 Å². The predicted octanol–water partition coefficient (Wildman–Crippen LogP) is 1.44. The first kappa shape index (κ1) is 15.9. The maximum absolute atomic E-state index is 11.6. The molecule has 2 aromatic heterocycles. The third-order valence-corrected chi connectivity index (χ3v) is 4.58. The van der Waals surface area contributed by atoms with Gasteiger partial charge < -0.3 is 5.73 Å². The second-order valence-corrected chi connectivity index (χ2v) is 7.21. The Hall–Kier alpha value is -3.00. The zero-order chi connectivity index (χ0) is 17.3. The molecule has 0 fully saturated rings. The SMILES string of the molecule is CS(=O)(=O)c1ccc(-c2cc(C(N)=O)nn2-c2ccncc2)cc1. The minimum atomic E-state index is -3.28. The molecular weight excluding hydrogens is 328 g/mol. The molecule has 0 bridgehead atoms. The molecule has 8 heteroatoms. The van der Waals surface area contributed by atoms with Crippen LogP contribution in [0.3, 0.4) is 0 Å². The van der Waals surface area contributed by atoms with E-state index in [0.29, 0.717) is 16.9 Å². The Balaban J connectivity index is 2.15. The highest BCUT2D eigenvalue weighted by Crippen LogP contribution is 2.25. The Morgan fingerprint density at radius 1 is 1.08 bits per heavy atom. The summed E-state index contributed by atoms with van der Waals surface area (Å²) in [5.74, 6) is -0.642. The molecule has 7 nitrogen and oxygen atoms in total. The summed E-state index contributed by atoms with van der Waals surface area (Å²) in [6.45, 7) is 0. The second-order valence-electron chi connectivity index (χ2n) is 5.19. The lowest BCUT2D eigenvalue weighted by Gasteiger charge is -2.07. The number of carbonyl (C=O) groups excluding carboxylic acids is 1. The Morgan fingerprint density at radius 2 is 1.71 bits per heavy atom. The average Bonchev–Trinajstić information content (AvgIpc) is 3.00. The third-order valence-electron chi connectivity index (χ3n) is 3.45. The number of hydrogen-bond acceptors (Lipinski definition) is 5. The van der Waals surface area contributed by atoms with Gasteiger partial charge in [0, 0.05) is 24.2 Å². The molecule has 1 aromatic carbocycles. The summed E-state index contributed by atoms with van der Waals surface area (Å²) in [4.78, 5) is 15.6. The highest BCUT2D eigenvalue weighted by molar-refractivity contribution is 7.90. The highest BCUT2D eigenvalue weighted by atomic mass is 32.2. The molecule has 3 rings (SSSR count). The van der Waals surface area contributed by atoms with Crippen molar-refractivity contribution in [3.05, 3.63) is 60.6 Å². The third kappa shape index (κ3) is 3.04. The molecule has 0 atom stereocenters. The predicted molar refractivity (Wildman–Crippen MR) is 88.4 cm³/mol. The molecular formula is C16H14N4O3S. The van der Waals surface area contributed by atoms with Gasteiger partial charge in [0.2, 0.25) is 0 Å². The van der Waals surface area contributed by atoms with Crippen molar-refractivity contribution in [2.24, 2.45) is 5.73 Å². The molecule has 24 heavy (non-hydrogen) atoms. The number of aromatic nitrogens is 3. The monoisotopic (exact) mass is 342 g/mol. The summed E-state index contributed by atoms with van der Waals surface area (Å²) >= 11 is 0. The maximum Gasteiger partial charge on any atom is 0.269 e. The van der Waals surface area contributed by atoms with Crippen LogP contribution in [0.15, 0.2) is 59.8 Å². The van der Waals surface area contributed by atoms with Gasteiger partial charge in [-0.3, -0.25) is 9.78 Å². The summed E-state index contributed by atoms with van der Waals surface area (Å²) in [5.41, 5.74) is 7.48. The molecule has 0 saturated heterocycles. The van der Waals surface area contributed by atoms with Gasteiger partial charge in [0.1, 0.15) is 0 Å². The maximum atomic E-state index is 11.6. The number of primary amides is 1. The van der Waals surface area contributed by atoms with E-state index < -0.39 is 15.7 Å². The quantitative estimate of drug-likeness (QED) is 0.772. The lowest BCUT2D eigenvalue weighted by Crippen LogP contribution is -2.12. The second kappa shape index (κ2) is 5.89. The zero-order valence-electron chi connectivity index (χ0n) is 12.7. The summed E-state index contributed by atoms with van der Waals surface area (Å²) in [7, 11) is -3.28. The van der Waals surface area contributed by atoms with Crippen LogP contribution in [0.4, 0.5) is 0 Å². The van der Waals surface area contributed by atoms with Crippen molar-refractivity contribution in [3.8, 4) is 16.9 Å². The van der Waals surface area contributed by atoms with Crippen molar-refractivity contribution in [2.75, 3.05) is 6.26 Å². The zero-order valence-corrected chi connectivity index (χ0v) is 13.6. The Labute approximate surface area is 138 Å². The number of benzene rings is 1. The number of pyridine rings is 1. The van der Waals surface area contributed by atoms with Crippen LogP contribution in [0, 0.1) is 0 Å². The van der Waals surface area contributed by atoms with Gasteiger partial charge in [-0.2, -0.15) is 5.10 Å². The highest BCUT2D eigenvalue weighted by Gasteiger charge is 2.15. The summed E-state index contributed by atoms with van der Waals surface area (Å²) in [6.07, 6.45) is 4.36. The summed E-state index contributed by atoms with van der Waals surface area (Å²) in [6, 6.07) is 11.4. The minimum Gasteiger partial charge on any atom is -0.364 e. The van der Waals surface area contributed by atoms with Gasteiger partial charge in [-0.25, -0.2) is 13.1 Å². The fourth-order valence-electron chi connectivity index (χ4n) is 2.26. The van der Waals surface area contributed by atoms with Crippen LogP contribution in [0.5, 0.6) is 0 Å². The van der Waals surface area contributed by atoms with Crippen molar-refractivity contribution in [1.82, 2.24) is 14.8 Å². The number of amides is 1. The lowest BCUT2D eigenvalue weighted by molar-refractivity contribution is 0.0995. The van der Waals surface area contributed by atoms with Crippen molar-refractivity contribution in [2.45, 2.75) is 4.90 Å². The molecule has 2 heterocycles. The largest absolute Gasteiger partial charge is 0.364 e. The van der Waals surface area contributed by atoms with Crippen LogP contribution in [0.2, 0.25) is 0 Å². The minimum absolute atomic E-state index is 0.119. The molecule has 0 aliphatic rings. The van der Waals surface area contributed by atoms with Gasteiger partial charge in [-0.15, -0.1) is 0 Å². The first-order chi connectivity index (χ1) is 11.4. The first-order valence-corrected chi connectivity index (χ1v) is 8.86. The molecule has 3 aromatic rings. The standard InChI is InChI=1S/C16H14N4O3S/c1-24(22,23)13-4-2-11(3-5-13)15-10-14(16(17)21)19-20(15)12-6-8-18-9-7-12/h2-10H,1H3,(H2,17,21). The van der Waals surface area contributed by atoms with E-state index in [1.54, 1.807) is 47.4 Å². The number of nitrogens with zero attached hydrogens (tertiary/aromatic N) is 3. The van der Waals surface area contributed by atoms with Gasteiger partial charge in [0.05, 0.1) is 16.3 Å². The van der Waals surface area contributed by atoms with E-state index in [1.165, 1.54) is 12.1 Å². The number of sulfone groups is 1. The first-order valence-electron chi connectivity index (χ1n) is 6.97. The van der Waals surface area contributed by atoms with Gasteiger partial charge >= 0.3 is 0 Å². The number of hydrogen-bond donors (Lipinski definition) is 1. The van der Waals surface area contributed by atoms with Crippen LogP contribution in [0.25, 0.3) is 16.9 Å². The van der Waals surface area contributed by atoms with Crippen molar-refractivity contribution in [3.63, 3.8) is 0 Å². The van der Waals surface area contributed by atoms with Crippen LogP contribution >= 0.6 is 0 Å². The topological polar surface area (TPSA) is 108 Å². The van der Waals surface area contributed by atoms with Crippen LogP contribution in [-0.4, -0.2) is 35.3 Å². The van der Waals surface area contributed by atoms with Crippen molar-refractivity contribution < 1.29 is 13.2 Å². The van der Waals surface area contributed by atoms with Gasteiger partial charge in [0.25, 0.3) is 5.91 Å². The molecule has 0 unspecified atom stereocenters. The number of nitrogens with two attached hydrogens (primary N) is 1. The molecule has 0 spiro atoms. The van der Waals surface area contributed by atoms with E-state index in [0.717, 1.165) is 6.26 Å². The van der Waals surface area contributed by atoms with Crippen LogP contribution in [0.1, 0.15) is 10.5 Å². The molecule has 0 saturated carbocycles. The van der Waals surface area contributed by atoms with E-state index in [9.17, 15) is 13.2 Å². The van der Waals surface area contributed by atoms with E-state index in [2.05, 4.69) is 10.1 Å². The fraction of sp³-hybridized carbons (Fsp3) is 0.0625. The average molecular weight is 342 g/mol. The van der Waals surface area contributed by atoms with Crippen molar-refractivity contribution >= 4 is 15.7 Å². The van der Waals surface area contributed by atoms with Crippen LogP contribution in [-0.2, 0) is 9.84 Å². The Kier molecular flexibility index (Phi) is 3.90. The molecule has 122 valence electrons.